The van der Waals surface area contributed by atoms with Gasteiger partial charge in [-0.3, -0.25) is 4.99 Å². The van der Waals surface area contributed by atoms with Crippen molar-refractivity contribution in [1.29, 1.82) is 0 Å². The SMILES string of the molecule is CN=C(NCc1ccc(C(=O)OC)c(OC)c1)N1CCC2(CCC2)C1.I. The van der Waals surface area contributed by atoms with Crippen LogP contribution in [0.2, 0.25) is 0 Å². The minimum absolute atomic E-state index is 0. The van der Waals surface area contributed by atoms with Crippen LogP contribution in [0.5, 0.6) is 5.75 Å². The molecule has 6 nitrogen and oxygen atoms in total. The van der Waals surface area contributed by atoms with Gasteiger partial charge >= 0.3 is 5.97 Å². The van der Waals surface area contributed by atoms with Gasteiger partial charge in [-0.15, -0.1) is 24.0 Å². The summed E-state index contributed by atoms with van der Waals surface area (Å²) in [5.74, 6) is 1.07. The van der Waals surface area contributed by atoms with Gasteiger partial charge in [0, 0.05) is 26.7 Å². The predicted octanol–water partition coefficient (Wildman–Crippen LogP) is 3.05. The van der Waals surface area contributed by atoms with Crippen LogP contribution in [0.25, 0.3) is 0 Å². The van der Waals surface area contributed by atoms with Crippen molar-refractivity contribution in [2.24, 2.45) is 10.4 Å². The Balaban J connectivity index is 0.00000243. The third-order valence-corrected chi connectivity index (χ3v) is 5.49. The van der Waals surface area contributed by atoms with Crippen molar-refractivity contribution in [2.45, 2.75) is 32.2 Å². The maximum Gasteiger partial charge on any atom is 0.341 e. The molecule has 1 aromatic carbocycles. The molecule has 1 saturated heterocycles. The lowest BCUT2D eigenvalue weighted by atomic mass is 9.68. The van der Waals surface area contributed by atoms with Crippen molar-refractivity contribution in [3.8, 4) is 5.75 Å². The summed E-state index contributed by atoms with van der Waals surface area (Å²) in [7, 11) is 4.75. The maximum atomic E-state index is 11.7. The van der Waals surface area contributed by atoms with Gasteiger partial charge < -0.3 is 19.7 Å². The number of carbonyl (C=O) groups excluding carboxylic acids is 1. The molecule has 1 aromatic rings. The number of likely N-dealkylation sites (tertiary alicyclic amines) is 1. The fourth-order valence-corrected chi connectivity index (χ4v) is 3.84. The second-order valence-corrected chi connectivity index (χ2v) is 6.95. The molecule has 2 aliphatic rings. The zero-order chi connectivity index (χ0) is 17.9. The third kappa shape index (κ3) is 4.24. The molecule has 26 heavy (non-hydrogen) atoms. The molecule has 0 bridgehead atoms. The number of rotatable bonds is 4. The van der Waals surface area contributed by atoms with Gasteiger partial charge in [-0.05, 0) is 42.4 Å². The average molecular weight is 473 g/mol. The first kappa shape index (κ1) is 20.8. The van der Waals surface area contributed by atoms with E-state index in [0.29, 0.717) is 23.3 Å². The number of halogens is 1. The lowest BCUT2D eigenvalue weighted by molar-refractivity contribution is 0.0597. The average Bonchev–Trinajstić information content (AvgIpc) is 3.07. The summed E-state index contributed by atoms with van der Waals surface area (Å²) in [4.78, 5) is 18.5. The molecule has 3 rings (SSSR count). The summed E-state index contributed by atoms with van der Waals surface area (Å²) in [6.45, 7) is 2.82. The molecular weight excluding hydrogens is 445 g/mol. The number of hydrogen-bond donors (Lipinski definition) is 1. The molecule has 144 valence electrons. The molecule has 0 unspecified atom stereocenters. The Labute approximate surface area is 172 Å². The quantitative estimate of drug-likeness (QED) is 0.315. The standard InChI is InChI=1S/C19H27N3O3.HI/c1-20-18(22-10-9-19(13-22)7-4-8-19)21-12-14-5-6-15(17(23)25-3)16(11-14)24-2;/h5-6,11H,4,7-10,12-13H2,1-3H3,(H,20,21);1H. The molecule has 7 heteroatoms. The molecular formula is C19H28IN3O3. The van der Waals surface area contributed by atoms with E-state index in [0.717, 1.165) is 24.6 Å². The third-order valence-electron chi connectivity index (χ3n) is 5.49. The number of methoxy groups -OCH3 is 2. The van der Waals surface area contributed by atoms with Crippen molar-refractivity contribution in [1.82, 2.24) is 10.2 Å². The number of esters is 1. The van der Waals surface area contributed by atoms with Crippen LogP contribution in [0.3, 0.4) is 0 Å². The number of ether oxygens (including phenoxy) is 2. The maximum absolute atomic E-state index is 11.7. The minimum Gasteiger partial charge on any atom is -0.496 e. The van der Waals surface area contributed by atoms with Gasteiger partial charge in [0.1, 0.15) is 11.3 Å². The molecule has 1 N–H and O–H groups in total. The Morgan fingerprint density at radius 3 is 2.62 bits per heavy atom. The first-order valence-electron chi connectivity index (χ1n) is 8.82. The Hall–Kier alpha value is -1.51. The van der Waals surface area contributed by atoms with E-state index in [4.69, 9.17) is 9.47 Å². The van der Waals surface area contributed by atoms with Crippen LogP contribution < -0.4 is 10.1 Å². The fraction of sp³-hybridized carbons (Fsp3) is 0.579. The number of nitrogens with zero attached hydrogens (tertiary/aromatic N) is 2. The van der Waals surface area contributed by atoms with Crippen molar-refractivity contribution in [3.63, 3.8) is 0 Å². The Morgan fingerprint density at radius 2 is 2.08 bits per heavy atom. The van der Waals surface area contributed by atoms with Crippen molar-refractivity contribution >= 4 is 35.9 Å². The van der Waals surface area contributed by atoms with Gasteiger partial charge in [0.15, 0.2) is 5.96 Å². The van der Waals surface area contributed by atoms with E-state index in [2.05, 4.69) is 15.2 Å². The molecule has 2 fully saturated rings. The van der Waals surface area contributed by atoms with Crippen LogP contribution in [-0.2, 0) is 11.3 Å². The van der Waals surface area contributed by atoms with Crippen LogP contribution in [0.15, 0.2) is 23.2 Å². The zero-order valence-electron chi connectivity index (χ0n) is 15.7. The summed E-state index contributed by atoms with van der Waals surface area (Å²) >= 11 is 0. The van der Waals surface area contributed by atoms with Gasteiger partial charge in [0.2, 0.25) is 0 Å². The van der Waals surface area contributed by atoms with Gasteiger partial charge in [-0.1, -0.05) is 12.5 Å². The van der Waals surface area contributed by atoms with Gasteiger partial charge in [-0.25, -0.2) is 4.79 Å². The van der Waals surface area contributed by atoms with Gasteiger partial charge in [-0.2, -0.15) is 0 Å². The molecule has 0 atom stereocenters. The molecule has 1 spiro atoms. The largest absolute Gasteiger partial charge is 0.496 e. The number of benzene rings is 1. The van der Waals surface area contributed by atoms with Crippen LogP contribution in [-0.4, -0.2) is 51.2 Å². The summed E-state index contributed by atoms with van der Waals surface area (Å²) in [6.07, 6.45) is 5.35. The molecule has 1 aliphatic heterocycles. The monoisotopic (exact) mass is 473 g/mol. The second kappa shape index (κ2) is 8.92. The molecule has 0 aromatic heterocycles. The highest BCUT2D eigenvalue weighted by Crippen LogP contribution is 2.47. The molecule has 1 saturated carbocycles. The number of aliphatic imine (C=N–C) groups is 1. The van der Waals surface area contributed by atoms with Gasteiger partial charge in [0.05, 0.1) is 14.2 Å². The van der Waals surface area contributed by atoms with E-state index in [-0.39, 0.29) is 24.0 Å². The van der Waals surface area contributed by atoms with E-state index in [1.165, 1.54) is 32.8 Å². The van der Waals surface area contributed by atoms with E-state index in [1.807, 2.05) is 19.2 Å². The van der Waals surface area contributed by atoms with Crippen molar-refractivity contribution in [2.75, 3.05) is 34.4 Å². The first-order chi connectivity index (χ1) is 12.1. The van der Waals surface area contributed by atoms with E-state index >= 15 is 0 Å². The summed E-state index contributed by atoms with van der Waals surface area (Å²) in [6, 6.07) is 5.51. The summed E-state index contributed by atoms with van der Waals surface area (Å²) < 4.78 is 10.1. The predicted molar refractivity (Wildman–Crippen MR) is 112 cm³/mol. The van der Waals surface area contributed by atoms with Gasteiger partial charge in [0.25, 0.3) is 0 Å². The Kier molecular flexibility index (Phi) is 7.14. The minimum atomic E-state index is -0.393. The van der Waals surface area contributed by atoms with Crippen LogP contribution >= 0.6 is 24.0 Å². The van der Waals surface area contributed by atoms with Crippen LogP contribution in [0, 0.1) is 5.41 Å². The summed E-state index contributed by atoms with van der Waals surface area (Å²) in [5, 5.41) is 3.43. The zero-order valence-corrected chi connectivity index (χ0v) is 18.0. The lowest BCUT2D eigenvalue weighted by Crippen LogP contribution is -2.42. The van der Waals surface area contributed by atoms with Crippen LogP contribution in [0.4, 0.5) is 0 Å². The number of guanidine groups is 1. The number of nitrogens with one attached hydrogen (secondary N) is 1. The fourth-order valence-electron chi connectivity index (χ4n) is 3.84. The van der Waals surface area contributed by atoms with E-state index in [9.17, 15) is 4.79 Å². The summed E-state index contributed by atoms with van der Waals surface area (Å²) in [5.41, 5.74) is 2.01. The normalized spacial score (nSPS) is 18.1. The second-order valence-electron chi connectivity index (χ2n) is 6.95. The highest BCUT2D eigenvalue weighted by Gasteiger charge is 2.43. The molecule has 1 heterocycles. The number of carbonyl (C=O) groups is 1. The Bertz CT molecular complexity index is 674. The lowest BCUT2D eigenvalue weighted by Gasteiger charge is -2.38. The smallest absolute Gasteiger partial charge is 0.341 e. The Morgan fingerprint density at radius 1 is 1.31 bits per heavy atom. The highest BCUT2D eigenvalue weighted by molar-refractivity contribution is 14.0. The molecule has 1 aliphatic carbocycles. The topological polar surface area (TPSA) is 63.2 Å². The first-order valence-corrected chi connectivity index (χ1v) is 8.82. The highest BCUT2D eigenvalue weighted by atomic mass is 127. The van der Waals surface area contributed by atoms with Crippen molar-refractivity contribution < 1.29 is 14.3 Å². The molecule has 0 amide bonds. The van der Waals surface area contributed by atoms with E-state index in [1.54, 1.807) is 13.2 Å². The van der Waals surface area contributed by atoms with E-state index < -0.39 is 5.97 Å². The van der Waals surface area contributed by atoms with Crippen molar-refractivity contribution in [3.05, 3.63) is 29.3 Å². The number of hydrogen-bond acceptors (Lipinski definition) is 4. The molecule has 0 radical (unpaired) electrons. The van der Waals surface area contributed by atoms with Crippen LogP contribution in [0.1, 0.15) is 41.6 Å².